The number of H-pyrrole nitrogens is 1. The molecule has 0 aliphatic heterocycles. The fourth-order valence-electron chi connectivity index (χ4n) is 3.43. The Bertz CT molecular complexity index is 544. The van der Waals surface area contributed by atoms with Gasteiger partial charge >= 0.3 is 0 Å². The van der Waals surface area contributed by atoms with E-state index in [2.05, 4.69) is 47.6 Å². The highest BCUT2D eigenvalue weighted by Crippen LogP contribution is 2.33. The molecule has 1 aromatic carbocycles. The van der Waals surface area contributed by atoms with Crippen LogP contribution in [-0.4, -0.2) is 16.2 Å². The summed E-state index contributed by atoms with van der Waals surface area (Å²) in [5.74, 6) is 1.53. The summed E-state index contributed by atoms with van der Waals surface area (Å²) in [6.45, 7) is 4.70. The smallest absolute Gasteiger partial charge is 0.0881 e. The van der Waals surface area contributed by atoms with Gasteiger partial charge in [0.1, 0.15) is 0 Å². The number of nitrogens with zero attached hydrogens (tertiary/aromatic N) is 1. The van der Waals surface area contributed by atoms with Crippen molar-refractivity contribution in [1.82, 2.24) is 10.2 Å². The van der Waals surface area contributed by atoms with Gasteiger partial charge in [-0.25, -0.2) is 0 Å². The quantitative estimate of drug-likeness (QED) is 0.865. The molecule has 0 amide bonds. The van der Waals surface area contributed by atoms with Gasteiger partial charge in [0.15, 0.2) is 0 Å². The molecule has 0 spiro atoms. The highest BCUT2D eigenvalue weighted by molar-refractivity contribution is 5.90. The standard InChI is InChI=1S/C16H23N3/c1-11(2)13-7-3-4-8-14(13)18-15-9-5-6-12-10-17-19-16(12)15/h5-6,9-11,13-14,18H,3-4,7-8H2,1-2H3,(H,17,19). The van der Waals surface area contributed by atoms with E-state index in [4.69, 9.17) is 0 Å². The third-order valence-corrected chi connectivity index (χ3v) is 4.49. The summed E-state index contributed by atoms with van der Waals surface area (Å²) in [6.07, 6.45) is 7.26. The van der Waals surface area contributed by atoms with E-state index >= 15 is 0 Å². The molecule has 3 rings (SSSR count). The number of benzene rings is 1. The van der Waals surface area contributed by atoms with Crippen molar-refractivity contribution in [3.05, 3.63) is 24.4 Å². The minimum absolute atomic E-state index is 0.600. The van der Waals surface area contributed by atoms with Crippen LogP contribution in [-0.2, 0) is 0 Å². The molecule has 1 aromatic heterocycles. The Hall–Kier alpha value is -1.51. The van der Waals surface area contributed by atoms with Crippen LogP contribution in [0.5, 0.6) is 0 Å². The van der Waals surface area contributed by atoms with Crippen molar-refractivity contribution in [1.29, 1.82) is 0 Å². The first-order valence-corrected chi connectivity index (χ1v) is 7.44. The lowest BCUT2D eigenvalue weighted by atomic mass is 9.78. The molecule has 1 heterocycles. The van der Waals surface area contributed by atoms with Crippen LogP contribution in [0.4, 0.5) is 5.69 Å². The van der Waals surface area contributed by atoms with Crippen LogP contribution >= 0.6 is 0 Å². The Kier molecular flexibility index (Phi) is 3.45. The number of rotatable bonds is 3. The first-order valence-electron chi connectivity index (χ1n) is 7.44. The molecule has 1 aliphatic carbocycles. The van der Waals surface area contributed by atoms with Crippen molar-refractivity contribution in [2.24, 2.45) is 11.8 Å². The number of hydrogen-bond acceptors (Lipinski definition) is 2. The second-order valence-electron chi connectivity index (χ2n) is 6.08. The maximum absolute atomic E-state index is 4.14. The summed E-state index contributed by atoms with van der Waals surface area (Å²) < 4.78 is 0. The lowest BCUT2D eigenvalue weighted by molar-refractivity contribution is 0.254. The highest BCUT2D eigenvalue weighted by atomic mass is 15.1. The molecule has 1 saturated carbocycles. The monoisotopic (exact) mass is 257 g/mol. The fraction of sp³-hybridized carbons (Fsp3) is 0.562. The molecule has 0 radical (unpaired) electrons. The number of nitrogens with one attached hydrogen (secondary N) is 2. The summed E-state index contributed by atoms with van der Waals surface area (Å²) in [4.78, 5) is 0. The molecule has 2 N–H and O–H groups in total. The maximum atomic E-state index is 4.14. The SMILES string of the molecule is CC(C)C1CCCCC1Nc1cccc2cn[nH]c12. The predicted octanol–water partition coefficient (Wildman–Crippen LogP) is 4.19. The number of anilines is 1. The summed E-state index contributed by atoms with van der Waals surface area (Å²) >= 11 is 0. The van der Waals surface area contributed by atoms with Crippen LogP contribution in [0.1, 0.15) is 39.5 Å². The lowest BCUT2D eigenvalue weighted by Crippen LogP contribution is -2.35. The van der Waals surface area contributed by atoms with Gasteiger partial charge in [-0.1, -0.05) is 38.8 Å². The molecule has 3 heteroatoms. The minimum atomic E-state index is 0.600. The van der Waals surface area contributed by atoms with E-state index in [9.17, 15) is 0 Å². The van der Waals surface area contributed by atoms with Crippen LogP contribution in [0.15, 0.2) is 24.4 Å². The van der Waals surface area contributed by atoms with Gasteiger partial charge < -0.3 is 5.32 Å². The largest absolute Gasteiger partial charge is 0.380 e. The van der Waals surface area contributed by atoms with E-state index in [1.54, 1.807) is 0 Å². The molecule has 19 heavy (non-hydrogen) atoms. The Balaban J connectivity index is 1.85. The Morgan fingerprint density at radius 3 is 2.95 bits per heavy atom. The molecule has 2 atom stereocenters. The van der Waals surface area contributed by atoms with Crippen LogP contribution in [0.2, 0.25) is 0 Å². The van der Waals surface area contributed by atoms with Crippen molar-refractivity contribution in [3.8, 4) is 0 Å². The minimum Gasteiger partial charge on any atom is -0.380 e. The Labute approximate surface area is 114 Å². The van der Waals surface area contributed by atoms with Crippen molar-refractivity contribution < 1.29 is 0 Å². The van der Waals surface area contributed by atoms with Gasteiger partial charge in [0.2, 0.25) is 0 Å². The summed E-state index contributed by atoms with van der Waals surface area (Å²) in [5, 5.41) is 12.2. The highest BCUT2D eigenvalue weighted by Gasteiger charge is 2.27. The Morgan fingerprint density at radius 1 is 1.26 bits per heavy atom. The van der Waals surface area contributed by atoms with Gasteiger partial charge in [0.05, 0.1) is 17.4 Å². The van der Waals surface area contributed by atoms with Gasteiger partial charge in [-0.3, -0.25) is 5.10 Å². The Morgan fingerprint density at radius 2 is 2.11 bits per heavy atom. The molecule has 1 aliphatic rings. The summed E-state index contributed by atoms with van der Waals surface area (Å²) in [7, 11) is 0. The second-order valence-corrected chi connectivity index (χ2v) is 6.08. The molecule has 3 nitrogen and oxygen atoms in total. The molecule has 102 valence electrons. The zero-order valence-corrected chi connectivity index (χ0v) is 11.8. The molecular formula is C16H23N3. The first-order chi connectivity index (χ1) is 9.25. The van der Waals surface area contributed by atoms with Gasteiger partial charge in [-0.15, -0.1) is 0 Å². The number of fused-ring (bicyclic) bond motifs is 1. The average Bonchev–Trinajstić information content (AvgIpc) is 2.88. The number of para-hydroxylation sites is 1. The van der Waals surface area contributed by atoms with E-state index in [0.29, 0.717) is 6.04 Å². The fourth-order valence-corrected chi connectivity index (χ4v) is 3.43. The molecule has 0 bridgehead atoms. The molecule has 2 aromatic rings. The van der Waals surface area contributed by atoms with Crippen molar-refractivity contribution in [2.45, 2.75) is 45.6 Å². The summed E-state index contributed by atoms with van der Waals surface area (Å²) in [6, 6.07) is 6.97. The maximum Gasteiger partial charge on any atom is 0.0881 e. The molecular weight excluding hydrogens is 234 g/mol. The van der Waals surface area contributed by atoms with Gasteiger partial charge in [0.25, 0.3) is 0 Å². The topological polar surface area (TPSA) is 40.7 Å². The van der Waals surface area contributed by atoms with Crippen molar-refractivity contribution >= 4 is 16.6 Å². The third-order valence-electron chi connectivity index (χ3n) is 4.49. The van der Waals surface area contributed by atoms with Crippen LogP contribution < -0.4 is 5.32 Å². The van der Waals surface area contributed by atoms with Gasteiger partial charge in [-0.2, -0.15) is 5.10 Å². The summed E-state index contributed by atoms with van der Waals surface area (Å²) in [5.41, 5.74) is 2.34. The molecule has 0 saturated heterocycles. The molecule has 2 unspecified atom stereocenters. The number of aromatic amines is 1. The first kappa shape index (κ1) is 12.5. The molecule has 1 fully saturated rings. The van der Waals surface area contributed by atoms with Crippen LogP contribution in [0.3, 0.4) is 0 Å². The third kappa shape index (κ3) is 2.46. The van der Waals surface area contributed by atoms with E-state index < -0.39 is 0 Å². The van der Waals surface area contributed by atoms with E-state index in [1.807, 2.05) is 6.20 Å². The van der Waals surface area contributed by atoms with E-state index in [0.717, 1.165) is 17.4 Å². The average molecular weight is 257 g/mol. The van der Waals surface area contributed by atoms with E-state index in [-0.39, 0.29) is 0 Å². The van der Waals surface area contributed by atoms with Gasteiger partial charge in [-0.05, 0) is 30.7 Å². The predicted molar refractivity (Wildman–Crippen MR) is 80.3 cm³/mol. The zero-order chi connectivity index (χ0) is 13.2. The second kappa shape index (κ2) is 5.24. The van der Waals surface area contributed by atoms with Crippen LogP contribution in [0.25, 0.3) is 10.9 Å². The van der Waals surface area contributed by atoms with E-state index in [1.165, 1.54) is 36.8 Å². The number of aromatic nitrogens is 2. The van der Waals surface area contributed by atoms with Crippen LogP contribution in [0, 0.1) is 11.8 Å². The van der Waals surface area contributed by atoms with Gasteiger partial charge in [0, 0.05) is 11.4 Å². The lowest BCUT2D eigenvalue weighted by Gasteiger charge is -2.35. The van der Waals surface area contributed by atoms with Crippen molar-refractivity contribution in [3.63, 3.8) is 0 Å². The zero-order valence-electron chi connectivity index (χ0n) is 11.8. The van der Waals surface area contributed by atoms with Crippen molar-refractivity contribution in [2.75, 3.05) is 5.32 Å². The normalized spacial score (nSPS) is 23.9. The number of hydrogen-bond donors (Lipinski definition) is 2.